The zero-order chi connectivity index (χ0) is 33.5. The monoisotopic (exact) mass is 632 g/mol. The SMILES string of the molecule is CCCC(CCC)CCC(NC(=O)c1cccnc1)C(=O)N[C@@H](Cc1cc(F)cc(F)c1)[C@@H](O)[C@H](O)[C@@H](C)C(=O)NCC(C)C. The minimum absolute atomic E-state index is 0.128. The van der Waals surface area contributed by atoms with Crippen molar-refractivity contribution in [1.82, 2.24) is 20.9 Å². The van der Waals surface area contributed by atoms with Crippen molar-refractivity contribution < 1.29 is 33.4 Å². The highest BCUT2D eigenvalue weighted by molar-refractivity contribution is 5.97. The summed E-state index contributed by atoms with van der Waals surface area (Å²) < 4.78 is 28.1. The molecule has 0 radical (unpaired) electrons. The molecule has 0 aliphatic carbocycles. The smallest absolute Gasteiger partial charge is 0.253 e. The highest BCUT2D eigenvalue weighted by Crippen LogP contribution is 2.22. The summed E-state index contributed by atoms with van der Waals surface area (Å²) >= 11 is 0. The van der Waals surface area contributed by atoms with Gasteiger partial charge in [-0.05, 0) is 60.9 Å². The van der Waals surface area contributed by atoms with E-state index in [0.29, 0.717) is 31.4 Å². The second-order valence-electron chi connectivity index (χ2n) is 12.3. The van der Waals surface area contributed by atoms with Gasteiger partial charge in [0.15, 0.2) is 0 Å². The van der Waals surface area contributed by atoms with Crippen LogP contribution in [-0.2, 0) is 16.0 Å². The molecule has 1 aromatic carbocycles. The summed E-state index contributed by atoms with van der Waals surface area (Å²) in [5.41, 5.74) is 0.389. The minimum Gasteiger partial charge on any atom is -0.390 e. The first-order valence-corrected chi connectivity index (χ1v) is 16.0. The van der Waals surface area contributed by atoms with Gasteiger partial charge in [0.2, 0.25) is 11.8 Å². The number of carbonyl (C=O) groups is 3. The van der Waals surface area contributed by atoms with Crippen LogP contribution in [0.15, 0.2) is 42.7 Å². The normalized spacial score (nSPS) is 14.8. The lowest BCUT2D eigenvalue weighted by Gasteiger charge is -2.32. The van der Waals surface area contributed by atoms with Gasteiger partial charge in [0.05, 0.1) is 23.6 Å². The highest BCUT2D eigenvalue weighted by atomic mass is 19.1. The number of benzene rings is 1. The Morgan fingerprint density at radius 2 is 1.51 bits per heavy atom. The van der Waals surface area contributed by atoms with Crippen molar-refractivity contribution >= 4 is 17.7 Å². The molecule has 3 amide bonds. The van der Waals surface area contributed by atoms with Crippen molar-refractivity contribution in [3.63, 3.8) is 0 Å². The van der Waals surface area contributed by atoms with E-state index >= 15 is 0 Å². The van der Waals surface area contributed by atoms with Crippen LogP contribution in [0.5, 0.6) is 0 Å². The summed E-state index contributed by atoms with van der Waals surface area (Å²) in [4.78, 5) is 43.5. The summed E-state index contributed by atoms with van der Waals surface area (Å²) in [6, 6.07) is 3.75. The van der Waals surface area contributed by atoms with Gasteiger partial charge in [0.1, 0.15) is 23.8 Å². The minimum atomic E-state index is -1.69. The van der Waals surface area contributed by atoms with Crippen LogP contribution in [0, 0.1) is 29.4 Å². The molecule has 250 valence electrons. The number of aromatic nitrogens is 1. The molecule has 2 rings (SSSR count). The standard InChI is InChI=1S/C34H50F2N4O5/c1-6-9-23(10-7-2)12-13-28(39-33(44)25-11-8-14-37-20-25)34(45)40-29(17-24-15-26(35)18-27(36)16-24)31(42)30(41)22(5)32(43)38-19-21(3)4/h8,11,14-16,18,20-23,28-31,41-42H,6-7,9-10,12-13,17,19H2,1-5H3,(H,38,43)(H,39,44)(H,40,45)/t22-,28?,29+,30-,31-/m1/s1. The van der Waals surface area contributed by atoms with Crippen LogP contribution >= 0.6 is 0 Å². The van der Waals surface area contributed by atoms with E-state index < -0.39 is 59.6 Å². The molecule has 1 aromatic heterocycles. The van der Waals surface area contributed by atoms with Crippen molar-refractivity contribution in [3.8, 4) is 0 Å². The predicted molar refractivity (Wildman–Crippen MR) is 169 cm³/mol. The Morgan fingerprint density at radius 3 is 2.07 bits per heavy atom. The molecule has 1 unspecified atom stereocenters. The summed E-state index contributed by atoms with van der Waals surface area (Å²) in [6.45, 7) is 9.82. The summed E-state index contributed by atoms with van der Waals surface area (Å²) in [7, 11) is 0. The molecule has 5 atom stereocenters. The zero-order valence-corrected chi connectivity index (χ0v) is 27.1. The number of hydrogen-bond donors (Lipinski definition) is 5. The maximum atomic E-state index is 14.1. The van der Waals surface area contributed by atoms with Crippen LogP contribution in [0.25, 0.3) is 0 Å². The van der Waals surface area contributed by atoms with Crippen molar-refractivity contribution in [1.29, 1.82) is 0 Å². The lowest BCUT2D eigenvalue weighted by atomic mass is 9.89. The first-order valence-electron chi connectivity index (χ1n) is 16.0. The summed E-state index contributed by atoms with van der Waals surface area (Å²) in [5.74, 6) is -3.88. The first-order chi connectivity index (χ1) is 21.4. The van der Waals surface area contributed by atoms with E-state index in [1.807, 2.05) is 13.8 Å². The third kappa shape index (κ3) is 12.8. The van der Waals surface area contributed by atoms with Crippen LogP contribution < -0.4 is 16.0 Å². The van der Waals surface area contributed by atoms with E-state index in [9.17, 15) is 33.4 Å². The third-order valence-electron chi connectivity index (χ3n) is 7.88. The summed E-state index contributed by atoms with van der Waals surface area (Å²) in [5, 5.41) is 30.5. The Bertz CT molecular complexity index is 1190. The number of halogens is 2. The zero-order valence-electron chi connectivity index (χ0n) is 27.1. The Kier molecular flexibility index (Phi) is 16.1. The molecule has 9 nitrogen and oxygen atoms in total. The Hall–Kier alpha value is -3.44. The number of aliphatic hydroxyl groups excluding tert-OH is 2. The van der Waals surface area contributed by atoms with Crippen molar-refractivity contribution in [2.24, 2.45) is 17.8 Å². The van der Waals surface area contributed by atoms with E-state index in [2.05, 4.69) is 34.8 Å². The molecular weight excluding hydrogens is 582 g/mol. The number of hydrogen-bond acceptors (Lipinski definition) is 6. The van der Waals surface area contributed by atoms with Crippen molar-refractivity contribution in [2.75, 3.05) is 6.54 Å². The number of aliphatic hydroxyl groups is 2. The third-order valence-corrected chi connectivity index (χ3v) is 7.88. The molecule has 0 bridgehead atoms. The van der Waals surface area contributed by atoms with Gasteiger partial charge in [-0.3, -0.25) is 19.4 Å². The van der Waals surface area contributed by atoms with E-state index in [0.717, 1.165) is 37.8 Å². The summed E-state index contributed by atoms with van der Waals surface area (Å²) in [6.07, 6.45) is 4.18. The van der Waals surface area contributed by atoms with E-state index in [1.54, 1.807) is 12.1 Å². The van der Waals surface area contributed by atoms with Gasteiger partial charge >= 0.3 is 0 Å². The van der Waals surface area contributed by atoms with Crippen LogP contribution in [0.3, 0.4) is 0 Å². The second kappa shape index (κ2) is 19.2. The van der Waals surface area contributed by atoms with E-state index in [-0.39, 0.29) is 23.5 Å². The maximum Gasteiger partial charge on any atom is 0.253 e. The Morgan fingerprint density at radius 1 is 0.867 bits per heavy atom. The van der Waals surface area contributed by atoms with Crippen LogP contribution in [0.2, 0.25) is 0 Å². The van der Waals surface area contributed by atoms with Gasteiger partial charge in [-0.1, -0.05) is 60.3 Å². The molecule has 0 saturated carbocycles. The molecule has 0 spiro atoms. The molecule has 0 saturated heterocycles. The average molecular weight is 633 g/mol. The number of nitrogens with one attached hydrogen (secondary N) is 3. The number of amides is 3. The molecular formula is C34H50F2N4O5. The fraction of sp³-hybridized carbons (Fsp3) is 0.588. The van der Waals surface area contributed by atoms with Crippen LogP contribution in [-0.4, -0.2) is 63.8 Å². The van der Waals surface area contributed by atoms with Crippen molar-refractivity contribution in [2.45, 2.75) is 104 Å². The lowest BCUT2D eigenvalue weighted by molar-refractivity contribution is -0.133. The second-order valence-corrected chi connectivity index (χ2v) is 12.3. The van der Waals surface area contributed by atoms with E-state index in [1.165, 1.54) is 19.3 Å². The number of rotatable bonds is 19. The predicted octanol–water partition coefficient (Wildman–Crippen LogP) is 4.31. The Labute approximate surface area is 265 Å². The largest absolute Gasteiger partial charge is 0.390 e. The lowest BCUT2D eigenvalue weighted by Crippen LogP contribution is -2.57. The van der Waals surface area contributed by atoms with Gasteiger partial charge < -0.3 is 26.2 Å². The van der Waals surface area contributed by atoms with Crippen LogP contribution in [0.1, 0.15) is 89.1 Å². The Balaban J connectivity index is 2.37. The number of carbonyl (C=O) groups excluding carboxylic acids is 3. The molecule has 2 aromatic rings. The van der Waals surface area contributed by atoms with Gasteiger partial charge in [0.25, 0.3) is 5.91 Å². The van der Waals surface area contributed by atoms with Crippen molar-refractivity contribution in [3.05, 3.63) is 65.5 Å². The van der Waals surface area contributed by atoms with Gasteiger partial charge in [0, 0.05) is 25.0 Å². The molecule has 45 heavy (non-hydrogen) atoms. The highest BCUT2D eigenvalue weighted by Gasteiger charge is 2.36. The van der Waals surface area contributed by atoms with Gasteiger partial charge in [-0.25, -0.2) is 8.78 Å². The topological polar surface area (TPSA) is 141 Å². The fourth-order valence-electron chi connectivity index (χ4n) is 5.34. The van der Waals surface area contributed by atoms with Crippen LogP contribution in [0.4, 0.5) is 8.78 Å². The molecule has 0 fully saturated rings. The first kappa shape index (κ1) is 37.7. The molecule has 5 N–H and O–H groups in total. The molecule has 0 aliphatic heterocycles. The van der Waals surface area contributed by atoms with Gasteiger partial charge in [-0.2, -0.15) is 0 Å². The van der Waals surface area contributed by atoms with Gasteiger partial charge in [-0.15, -0.1) is 0 Å². The molecule has 0 aliphatic rings. The molecule has 11 heteroatoms. The average Bonchev–Trinajstić information content (AvgIpc) is 3.00. The molecule has 1 heterocycles. The maximum absolute atomic E-state index is 14.1. The fourth-order valence-corrected chi connectivity index (χ4v) is 5.34. The number of pyridine rings is 1. The quantitative estimate of drug-likeness (QED) is 0.156. The van der Waals surface area contributed by atoms with E-state index in [4.69, 9.17) is 0 Å². The number of nitrogens with zero attached hydrogens (tertiary/aromatic N) is 1.